The van der Waals surface area contributed by atoms with Crippen molar-refractivity contribution < 1.29 is 9.18 Å². The van der Waals surface area contributed by atoms with Crippen LogP contribution < -0.4 is 0 Å². The summed E-state index contributed by atoms with van der Waals surface area (Å²) in [6, 6.07) is 20.9. The highest BCUT2D eigenvalue weighted by molar-refractivity contribution is 7.99. The van der Waals surface area contributed by atoms with Gasteiger partial charge >= 0.3 is 0 Å². The maximum Gasteiger partial charge on any atom is 0.196 e. The van der Waals surface area contributed by atoms with Crippen molar-refractivity contribution >= 4 is 29.1 Å². The standard InChI is InChI=1S/C23H17ClFN3OS/c1-15-6-12-18(13-7-15)28-22(19-4-2-3-5-20(19)24)26-27-23(28)30-14-21(29)16-8-10-17(25)11-9-16/h2-13H,14H2,1H3. The molecule has 3 aromatic carbocycles. The Bertz CT molecular complexity index is 1190. The largest absolute Gasteiger partial charge is 0.293 e. The van der Waals surface area contributed by atoms with Crippen LogP contribution in [-0.2, 0) is 0 Å². The number of carbonyl (C=O) groups excluding carboxylic acids is 1. The van der Waals surface area contributed by atoms with Crippen LogP contribution in [0.15, 0.2) is 78.0 Å². The summed E-state index contributed by atoms with van der Waals surface area (Å²) in [6.45, 7) is 2.02. The molecule has 0 saturated carbocycles. The van der Waals surface area contributed by atoms with Crippen molar-refractivity contribution in [3.05, 3.63) is 94.8 Å². The van der Waals surface area contributed by atoms with Crippen LogP contribution in [0, 0.1) is 12.7 Å². The molecule has 0 saturated heterocycles. The summed E-state index contributed by atoms with van der Waals surface area (Å²) < 4.78 is 15.0. The van der Waals surface area contributed by atoms with E-state index in [9.17, 15) is 9.18 Å². The Morgan fingerprint density at radius 3 is 2.40 bits per heavy atom. The lowest BCUT2D eigenvalue weighted by molar-refractivity contribution is 0.102. The van der Waals surface area contributed by atoms with Crippen molar-refractivity contribution in [2.75, 3.05) is 5.75 Å². The molecule has 0 aliphatic rings. The molecule has 4 aromatic rings. The Labute approximate surface area is 182 Å². The first kappa shape index (κ1) is 20.3. The first-order valence-electron chi connectivity index (χ1n) is 9.22. The fourth-order valence-electron chi connectivity index (χ4n) is 2.96. The lowest BCUT2D eigenvalue weighted by atomic mass is 10.1. The van der Waals surface area contributed by atoms with Crippen LogP contribution >= 0.6 is 23.4 Å². The minimum Gasteiger partial charge on any atom is -0.293 e. The minimum absolute atomic E-state index is 0.113. The van der Waals surface area contributed by atoms with Crippen molar-refractivity contribution in [2.45, 2.75) is 12.1 Å². The molecule has 0 amide bonds. The topological polar surface area (TPSA) is 47.8 Å². The third kappa shape index (κ3) is 4.30. The van der Waals surface area contributed by atoms with Gasteiger partial charge in [0.1, 0.15) is 5.82 Å². The third-order valence-electron chi connectivity index (χ3n) is 4.54. The molecule has 0 bridgehead atoms. The van der Waals surface area contributed by atoms with Crippen LogP contribution in [0.25, 0.3) is 17.1 Å². The van der Waals surface area contributed by atoms with E-state index in [1.807, 2.05) is 54.0 Å². The molecule has 0 radical (unpaired) electrons. The van der Waals surface area contributed by atoms with Crippen LogP contribution in [-0.4, -0.2) is 26.3 Å². The van der Waals surface area contributed by atoms with Gasteiger partial charge in [-0.25, -0.2) is 4.39 Å². The quantitative estimate of drug-likeness (QED) is 0.274. The molecule has 4 rings (SSSR count). The van der Waals surface area contributed by atoms with Gasteiger partial charge in [0, 0.05) is 16.8 Å². The predicted octanol–water partition coefficient (Wildman–Crippen LogP) is 6.01. The number of ketones is 1. The van der Waals surface area contributed by atoms with Crippen molar-refractivity contribution in [1.29, 1.82) is 0 Å². The molecule has 0 aliphatic carbocycles. The van der Waals surface area contributed by atoms with Gasteiger partial charge in [-0.1, -0.05) is 53.2 Å². The van der Waals surface area contributed by atoms with E-state index in [0.29, 0.717) is 21.6 Å². The van der Waals surface area contributed by atoms with Gasteiger partial charge in [0.25, 0.3) is 0 Å². The molecule has 30 heavy (non-hydrogen) atoms. The summed E-state index contributed by atoms with van der Waals surface area (Å²) in [5.41, 5.74) is 3.21. The molecule has 0 aliphatic heterocycles. The van der Waals surface area contributed by atoms with E-state index < -0.39 is 0 Å². The van der Waals surface area contributed by atoms with Gasteiger partial charge in [0.2, 0.25) is 0 Å². The number of nitrogens with zero attached hydrogens (tertiary/aromatic N) is 3. The minimum atomic E-state index is -0.373. The number of aryl methyl sites for hydroxylation is 1. The fraction of sp³-hybridized carbons (Fsp3) is 0.0870. The highest BCUT2D eigenvalue weighted by Gasteiger charge is 2.19. The van der Waals surface area contributed by atoms with E-state index in [-0.39, 0.29) is 17.4 Å². The van der Waals surface area contributed by atoms with Crippen molar-refractivity contribution in [3.63, 3.8) is 0 Å². The Hall–Kier alpha value is -2.96. The molecule has 150 valence electrons. The molecule has 0 unspecified atom stereocenters. The fourth-order valence-corrected chi connectivity index (χ4v) is 4.02. The van der Waals surface area contributed by atoms with Crippen LogP contribution in [0.4, 0.5) is 4.39 Å². The van der Waals surface area contributed by atoms with E-state index in [4.69, 9.17) is 11.6 Å². The molecule has 1 aromatic heterocycles. The number of benzene rings is 3. The van der Waals surface area contributed by atoms with Crippen LogP contribution in [0.2, 0.25) is 5.02 Å². The summed E-state index contributed by atoms with van der Waals surface area (Å²) in [7, 11) is 0. The Kier molecular flexibility index (Phi) is 5.97. The number of aromatic nitrogens is 3. The average molecular weight is 438 g/mol. The molecular formula is C23H17ClFN3OS. The summed E-state index contributed by atoms with van der Waals surface area (Å²) in [5.74, 6) is 0.264. The Morgan fingerprint density at radius 1 is 1.00 bits per heavy atom. The van der Waals surface area contributed by atoms with Crippen LogP contribution in [0.3, 0.4) is 0 Å². The second kappa shape index (κ2) is 8.81. The highest BCUT2D eigenvalue weighted by Crippen LogP contribution is 2.32. The van der Waals surface area contributed by atoms with Gasteiger partial charge in [-0.15, -0.1) is 10.2 Å². The Morgan fingerprint density at radius 2 is 1.70 bits per heavy atom. The average Bonchev–Trinajstić information content (AvgIpc) is 3.17. The lowest BCUT2D eigenvalue weighted by Crippen LogP contribution is -2.05. The molecule has 0 spiro atoms. The smallest absolute Gasteiger partial charge is 0.196 e. The third-order valence-corrected chi connectivity index (χ3v) is 5.80. The maximum absolute atomic E-state index is 13.1. The summed E-state index contributed by atoms with van der Waals surface area (Å²) in [5, 5.41) is 9.81. The van der Waals surface area contributed by atoms with Gasteiger partial charge in [-0.05, 0) is 55.5 Å². The molecule has 0 N–H and O–H groups in total. The zero-order valence-corrected chi connectivity index (χ0v) is 17.6. The molecular weight excluding hydrogens is 421 g/mol. The van der Waals surface area contributed by atoms with Crippen LogP contribution in [0.1, 0.15) is 15.9 Å². The normalized spacial score (nSPS) is 10.9. The summed E-state index contributed by atoms with van der Waals surface area (Å²) in [4.78, 5) is 12.5. The van der Waals surface area contributed by atoms with E-state index in [0.717, 1.165) is 16.8 Å². The molecule has 0 atom stereocenters. The van der Waals surface area contributed by atoms with Gasteiger partial charge in [0.05, 0.1) is 10.8 Å². The molecule has 7 heteroatoms. The van der Waals surface area contributed by atoms with Gasteiger partial charge in [-0.2, -0.15) is 0 Å². The zero-order valence-electron chi connectivity index (χ0n) is 16.0. The number of Topliss-reactive ketones (excluding diaryl/α,β-unsaturated/α-hetero) is 1. The number of rotatable bonds is 6. The Balaban J connectivity index is 1.69. The second-order valence-electron chi connectivity index (χ2n) is 6.68. The lowest BCUT2D eigenvalue weighted by Gasteiger charge is -2.11. The monoisotopic (exact) mass is 437 g/mol. The van der Waals surface area contributed by atoms with Gasteiger partial charge < -0.3 is 0 Å². The first-order chi connectivity index (χ1) is 14.5. The first-order valence-corrected chi connectivity index (χ1v) is 10.6. The van der Waals surface area contributed by atoms with E-state index in [1.165, 1.54) is 36.0 Å². The SMILES string of the molecule is Cc1ccc(-n2c(SCC(=O)c3ccc(F)cc3)nnc2-c2ccccc2Cl)cc1. The van der Waals surface area contributed by atoms with Crippen LogP contribution in [0.5, 0.6) is 0 Å². The van der Waals surface area contributed by atoms with E-state index >= 15 is 0 Å². The van der Waals surface area contributed by atoms with E-state index in [2.05, 4.69) is 10.2 Å². The summed E-state index contributed by atoms with van der Waals surface area (Å²) in [6.07, 6.45) is 0. The summed E-state index contributed by atoms with van der Waals surface area (Å²) >= 11 is 7.68. The molecule has 4 nitrogen and oxygen atoms in total. The molecule has 1 heterocycles. The van der Waals surface area contributed by atoms with E-state index in [1.54, 1.807) is 6.07 Å². The zero-order chi connectivity index (χ0) is 21.1. The number of carbonyl (C=O) groups is 1. The van der Waals surface area contributed by atoms with Gasteiger partial charge in [-0.3, -0.25) is 9.36 Å². The number of hydrogen-bond acceptors (Lipinski definition) is 4. The molecule has 0 fully saturated rings. The highest BCUT2D eigenvalue weighted by atomic mass is 35.5. The van der Waals surface area contributed by atoms with Crippen molar-refractivity contribution in [3.8, 4) is 17.1 Å². The van der Waals surface area contributed by atoms with Crippen molar-refractivity contribution in [2.24, 2.45) is 0 Å². The second-order valence-corrected chi connectivity index (χ2v) is 8.03. The number of halogens is 2. The number of thioether (sulfide) groups is 1. The van der Waals surface area contributed by atoms with Gasteiger partial charge in [0.15, 0.2) is 16.8 Å². The predicted molar refractivity (Wildman–Crippen MR) is 118 cm³/mol. The number of hydrogen-bond donors (Lipinski definition) is 0. The maximum atomic E-state index is 13.1. The van der Waals surface area contributed by atoms with Crippen molar-refractivity contribution in [1.82, 2.24) is 14.8 Å².